The molecule has 0 spiro atoms. The summed E-state index contributed by atoms with van der Waals surface area (Å²) in [6.07, 6.45) is 44.8. The van der Waals surface area contributed by atoms with Crippen LogP contribution >= 0.6 is 0 Å². The molecule has 0 aromatic carbocycles. The van der Waals surface area contributed by atoms with Crippen LogP contribution in [0, 0.1) is 5.92 Å². The number of likely N-dealkylation sites (tertiary alicyclic amines) is 9. The zero-order valence-electron chi connectivity index (χ0n) is 95.7. The summed E-state index contributed by atoms with van der Waals surface area (Å²) in [4.78, 5) is 139. The van der Waals surface area contributed by atoms with E-state index in [2.05, 4.69) is 221 Å². The van der Waals surface area contributed by atoms with E-state index < -0.39 is 0 Å². The van der Waals surface area contributed by atoms with Crippen molar-refractivity contribution in [3.63, 3.8) is 0 Å². The summed E-state index contributed by atoms with van der Waals surface area (Å²) in [6.45, 7) is 46.6. The van der Waals surface area contributed by atoms with Gasteiger partial charge >= 0.3 is 0 Å². The molecule has 13 rings (SSSR count). The van der Waals surface area contributed by atoms with Gasteiger partial charge in [0.2, 0.25) is 59.1 Å². The molecule has 13 aliphatic rings. The van der Waals surface area contributed by atoms with E-state index in [-0.39, 0.29) is 113 Å². The summed E-state index contributed by atoms with van der Waals surface area (Å²) in [7, 11) is 20.7. The molecule has 3 aliphatic carbocycles. The van der Waals surface area contributed by atoms with E-state index in [9.17, 15) is 47.9 Å². The van der Waals surface area contributed by atoms with E-state index in [0.717, 1.165) is 174 Å². The molecule has 20 unspecified atom stereocenters. The Balaban J connectivity index is 0.000000327. The Bertz CT molecular complexity index is 3570. The summed E-state index contributed by atoms with van der Waals surface area (Å²) in [5.41, 5.74) is -0.105. The zero-order chi connectivity index (χ0) is 106. The van der Waals surface area contributed by atoms with Gasteiger partial charge in [-0.15, -0.1) is 0 Å². The van der Waals surface area contributed by atoms with Gasteiger partial charge in [0.15, 0.2) is 0 Å². The Hall–Kier alpha value is -5.70. The Morgan fingerprint density at radius 1 is 0.284 bits per heavy atom. The van der Waals surface area contributed by atoms with E-state index in [0.29, 0.717) is 108 Å². The molecule has 10 aliphatic heterocycles. The molecule has 820 valence electrons. The zero-order valence-corrected chi connectivity index (χ0v) is 95.7. The first kappa shape index (κ1) is 128. The highest BCUT2D eigenvalue weighted by molar-refractivity contribution is 5.87. The highest BCUT2D eigenvalue weighted by Crippen LogP contribution is 2.36. The predicted octanol–water partition coefficient (Wildman–Crippen LogP) is 13.4. The first-order chi connectivity index (χ1) is 66.8. The number of carbonyl (C=O) groups excluding carboxylic acids is 10. The quantitative estimate of drug-likeness (QED) is 0.0572. The molecule has 20 atom stereocenters. The minimum Gasteiger partial charge on any atom is -0.352 e. The van der Waals surface area contributed by atoms with Gasteiger partial charge in [0.05, 0.1) is 60.4 Å². The first-order valence-electron chi connectivity index (χ1n) is 56.6. The second kappa shape index (κ2) is 65.2. The minimum atomic E-state index is -0.0735. The summed E-state index contributed by atoms with van der Waals surface area (Å²) in [5.74, 6) is 3.33. The molecule has 0 aromatic heterocycles. The monoisotopic (exact) mass is 1990 g/mol. The van der Waals surface area contributed by atoms with E-state index in [1.54, 1.807) is 0 Å². The fraction of sp³-hybridized carbons (Fsp3) is 0.910. The molecule has 0 bridgehead atoms. The van der Waals surface area contributed by atoms with Crippen molar-refractivity contribution in [2.24, 2.45) is 5.92 Å². The average molecular weight is 1990 g/mol. The molecule has 13 fully saturated rings. The van der Waals surface area contributed by atoms with Gasteiger partial charge in [-0.3, -0.25) is 47.9 Å². The Labute approximate surface area is 859 Å². The SMILES string of the molecule is CCC(C)(C)N1C(=O)C(NC)CCCC1C.CCN1C(=O)C(NC)CCCC1C.CNC1CCCC(C)N(C(C)(C)C)C1=O.CNC1CCCC(C)N(C(C)C)C1=O.CNC1CCCC(C)N(C)C1=O.CNC1CCCC(C)N(C2CC2)C1=O.CNC1CCCC(C)N(C2CCC2)C1=O.CNC1CCCC(C)N(C2CCCC2)C1=O.CNC1CCCC(C)N(CC(C)C)C1=O.CNC1CCCC(C)NC1=O. The number of nitrogens with zero attached hydrogens (tertiary/aromatic N) is 9. The van der Waals surface area contributed by atoms with Gasteiger partial charge in [0.1, 0.15) is 0 Å². The van der Waals surface area contributed by atoms with Gasteiger partial charge in [-0.05, 0) is 445 Å². The number of rotatable bonds is 19. The number of carbonyl (C=O) groups is 10. The van der Waals surface area contributed by atoms with Crippen LogP contribution in [0.4, 0.5) is 0 Å². The van der Waals surface area contributed by atoms with Crippen molar-refractivity contribution in [2.75, 3.05) is 90.6 Å². The molecule has 10 saturated heterocycles. The number of nitrogens with one attached hydrogen (secondary N) is 11. The van der Waals surface area contributed by atoms with Gasteiger partial charge in [0.25, 0.3) is 0 Å². The highest BCUT2D eigenvalue weighted by atomic mass is 16.2. The molecular formula is C111H216N20O10. The summed E-state index contributed by atoms with van der Waals surface area (Å²) < 4.78 is 0. The first-order valence-corrected chi connectivity index (χ1v) is 56.6. The van der Waals surface area contributed by atoms with Crippen LogP contribution in [0.25, 0.3) is 0 Å². The normalized spacial score (nSPS) is 31.1. The third-order valence-corrected chi connectivity index (χ3v) is 32.8. The Morgan fingerprint density at radius 2 is 0.553 bits per heavy atom. The number of hydrogen-bond donors (Lipinski definition) is 11. The van der Waals surface area contributed by atoms with E-state index in [4.69, 9.17) is 0 Å². The molecule has 30 heteroatoms. The summed E-state index contributed by atoms with van der Waals surface area (Å²) >= 11 is 0. The Kier molecular flexibility index (Phi) is 59.0. The second-order valence-electron chi connectivity index (χ2n) is 45.8. The van der Waals surface area contributed by atoms with Crippen molar-refractivity contribution in [3.05, 3.63) is 0 Å². The number of amides is 10. The molecule has 3 saturated carbocycles. The number of likely N-dealkylation sites (N-methyl/N-ethyl adjacent to an activating group) is 12. The van der Waals surface area contributed by atoms with Crippen LogP contribution in [-0.4, -0.2) is 350 Å². The van der Waals surface area contributed by atoms with E-state index >= 15 is 0 Å². The molecule has 30 nitrogen and oxygen atoms in total. The predicted molar refractivity (Wildman–Crippen MR) is 580 cm³/mol. The fourth-order valence-electron chi connectivity index (χ4n) is 23.3. The van der Waals surface area contributed by atoms with Crippen molar-refractivity contribution in [1.82, 2.24) is 103 Å². The lowest BCUT2D eigenvalue weighted by atomic mass is 9.90. The molecule has 10 amide bonds. The van der Waals surface area contributed by atoms with Gasteiger partial charge in [-0.25, -0.2) is 0 Å². The average Bonchev–Trinajstić information content (AvgIpc) is 1.67. The standard InChI is InChI=1S/C13H24N2O.C13H26N2O.C12H22N2O.2C12H24N2O.C11H20N2O.C11H22N2O.C10H20N2O.C9H18N2O.C8H16N2O/c1-10-6-5-9-12(14-2)13(16)15(10)11-7-3-4-8-11;1-6-13(3,4)15-10(2)8-7-9-11(14-5)12(15)16;1-9-5-3-8-11(13-2)12(15)14(9)10-6-4-7-10;1-9-7-6-8-10(13-5)11(15)14(9)12(2,3)4;1-9(2)8-14-10(3)6-5-7-11(13-4)12(14)15;1-8-4-3-5-10(12-2)11(14)13(8)9-6-7-9;1-8(2)13-9(3)6-5-7-10(12-4)11(13)14;1-4-12-8(2)6-5-7-9(11-3)10(12)13;1-7-5-4-6-8(10-2)9(12)11(7)3;1-6-4-3-5-7(9-2)8(11)10-6/h10-12,14H,3-9H2,1-2H3;10-11,14H,6-9H2,1-5H3;9-11,13H,3-8H2,1-2H3;9-10,13H,6-8H2,1-5H3;9-11,13H,5-8H2,1-4H3;8-10,12H,3-7H2,1-2H3;8-10,12H,5-7H2,1-4H3;8-9,11H,4-7H2,1-3H3;7-8,10H,4-6H2,1-3H3;6-7,9H,3-5H2,1-2H3,(H,10,11). The molecule has 0 aromatic rings. The van der Waals surface area contributed by atoms with Crippen LogP contribution in [0.15, 0.2) is 0 Å². The largest absolute Gasteiger partial charge is 0.352 e. The van der Waals surface area contributed by atoms with Crippen molar-refractivity contribution < 1.29 is 47.9 Å². The van der Waals surface area contributed by atoms with Crippen LogP contribution in [0.2, 0.25) is 0 Å². The third kappa shape index (κ3) is 39.7. The van der Waals surface area contributed by atoms with Crippen LogP contribution < -0.4 is 58.5 Å². The van der Waals surface area contributed by atoms with Crippen LogP contribution in [0.5, 0.6) is 0 Å². The fourth-order valence-corrected chi connectivity index (χ4v) is 23.3. The molecule has 141 heavy (non-hydrogen) atoms. The van der Waals surface area contributed by atoms with Crippen molar-refractivity contribution in [2.45, 2.75) is 558 Å². The maximum absolute atomic E-state index is 12.5. The lowest BCUT2D eigenvalue weighted by molar-refractivity contribution is -0.141. The maximum Gasteiger partial charge on any atom is 0.240 e. The van der Waals surface area contributed by atoms with Gasteiger partial charge in [-0.2, -0.15) is 0 Å². The highest BCUT2D eigenvalue weighted by Gasteiger charge is 2.45. The lowest BCUT2D eigenvalue weighted by Gasteiger charge is -2.42. The van der Waals surface area contributed by atoms with Crippen molar-refractivity contribution >= 4 is 59.1 Å². The Morgan fingerprint density at radius 3 is 0.879 bits per heavy atom. The van der Waals surface area contributed by atoms with Crippen molar-refractivity contribution in [3.8, 4) is 0 Å². The maximum atomic E-state index is 12.5. The molecule has 0 radical (unpaired) electrons. The van der Waals surface area contributed by atoms with E-state index in [1.165, 1.54) is 96.3 Å². The molecule has 11 N–H and O–H groups in total. The van der Waals surface area contributed by atoms with Crippen LogP contribution in [0.1, 0.15) is 402 Å². The van der Waals surface area contributed by atoms with Gasteiger partial charge in [-0.1, -0.05) is 33.6 Å². The lowest BCUT2D eigenvalue weighted by Crippen LogP contribution is -2.56. The van der Waals surface area contributed by atoms with Crippen LogP contribution in [-0.2, 0) is 47.9 Å². The molecule has 10 heterocycles. The van der Waals surface area contributed by atoms with E-state index in [1.807, 2.05) is 104 Å². The van der Waals surface area contributed by atoms with Gasteiger partial charge < -0.3 is 103 Å². The number of hydrogen-bond acceptors (Lipinski definition) is 20. The topological polar surface area (TPSA) is 332 Å². The third-order valence-electron chi connectivity index (χ3n) is 32.8. The molecular weight excluding hydrogens is 1770 g/mol. The second-order valence-corrected chi connectivity index (χ2v) is 45.8. The summed E-state index contributed by atoms with van der Waals surface area (Å²) in [5, 5.41) is 34.1. The van der Waals surface area contributed by atoms with Gasteiger partial charge in [0, 0.05) is 116 Å². The van der Waals surface area contributed by atoms with Crippen LogP contribution in [0.3, 0.4) is 0 Å². The summed E-state index contributed by atoms with van der Waals surface area (Å²) in [6, 6.07) is 6.34. The smallest absolute Gasteiger partial charge is 0.240 e. The minimum absolute atomic E-state index is 0.00850. The van der Waals surface area contributed by atoms with Crippen molar-refractivity contribution in [1.29, 1.82) is 0 Å².